The summed E-state index contributed by atoms with van der Waals surface area (Å²) in [6, 6.07) is 3.40. The highest BCUT2D eigenvalue weighted by atomic mass is 19.1. The molecule has 2 aromatic rings. The molecule has 0 aliphatic carbocycles. The van der Waals surface area contributed by atoms with E-state index in [0.29, 0.717) is 22.9 Å². The number of hydrogen-bond donors (Lipinski definition) is 3. The maximum Gasteiger partial charge on any atom is 0.139 e. The van der Waals surface area contributed by atoms with E-state index < -0.39 is 11.6 Å². The second-order valence-corrected chi connectivity index (χ2v) is 5.58. The van der Waals surface area contributed by atoms with Crippen LogP contribution in [-0.2, 0) is 13.0 Å². The van der Waals surface area contributed by atoms with Gasteiger partial charge in [0.05, 0.1) is 11.4 Å². The van der Waals surface area contributed by atoms with Crippen LogP contribution in [0, 0.1) is 11.6 Å². The number of hydrazine groups is 1. The average molecular weight is 344 g/mol. The Morgan fingerprint density at radius 1 is 1.36 bits per heavy atom. The molecule has 8 heteroatoms. The largest absolute Gasteiger partial charge is 0.397 e. The van der Waals surface area contributed by atoms with Crippen LogP contribution >= 0.6 is 0 Å². The summed E-state index contributed by atoms with van der Waals surface area (Å²) >= 11 is 0. The van der Waals surface area contributed by atoms with Crippen molar-refractivity contribution in [2.24, 2.45) is 16.6 Å². The van der Waals surface area contributed by atoms with Crippen molar-refractivity contribution in [3.8, 4) is 11.3 Å². The second-order valence-electron chi connectivity index (χ2n) is 5.58. The van der Waals surface area contributed by atoms with E-state index in [0.717, 1.165) is 31.3 Å². The molecule has 1 aliphatic rings. The Bertz CT molecular complexity index is 882. The number of nitrogens with zero attached hydrogens (tertiary/aromatic N) is 3. The van der Waals surface area contributed by atoms with Gasteiger partial charge in [0.1, 0.15) is 29.0 Å². The van der Waals surface area contributed by atoms with E-state index in [1.165, 1.54) is 12.1 Å². The summed E-state index contributed by atoms with van der Waals surface area (Å²) in [4.78, 5) is 8.21. The van der Waals surface area contributed by atoms with Crippen LogP contribution in [0.15, 0.2) is 41.2 Å². The molecule has 2 heterocycles. The number of aryl methyl sites for hydroxylation is 1. The normalized spacial score (nSPS) is 14.5. The van der Waals surface area contributed by atoms with Crippen molar-refractivity contribution in [2.45, 2.75) is 19.4 Å². The van der Waals surface area contributed by atoms with E-state index in [2.05, 4.69) is 22.1 Å². The number of imidazole rings is 1. The molecular formula is C17H18F2N6. The zero-order valence-corrected chi connectivity index (χ0v) is 13.5. The van der Waals surface area contributed by atoms with Crippen LogP contribution in [0.25, 0.3) is 17.0 Å². The molecule has 0 fully saturated rings. The number of nitrogens with one attached hydrogen (secondary N) is 1. The number of fused-ring (bicyclic) bond motifs is 1. The van der Waals surface area contributed by atoms with Crippen LogP contribution < -0.4 is 17.0 Å². The molecule has 1 aromatic heterocycles. The van der Waals surface area contributed by atoms with Gasteiger partial charge in [-0.3, -0.25) is 0 Å². The van der Waals surface area contributed by atoms with Crippen molar-refractivity contribution in [3.05, 3.63) is 59.3 Å². The number of benzene rings is 1. The summed E-state index contributed by atoms with van der Waals surface area (Å²) in [5.41, 5.74) is 10.2. The fraction of sp³-hybridized carbons (Fsp3) is 0.176. The van der Waals surface area contributed by atoms with Gasteiger partial charge in [0.25, 0.3) is 0 Å². The van der Waals surface area contributed by atoms with E-state index in [1.807, 2.05) is 4.57 Å². The Kier molecular flexibility index (Phi) is 4.62. The Hall–Kier alpha value is -3.00. The second kappa shape index (κ2) is 6.86. The van der Waals surface area contributed by atoms with Gasteiger partial charge in [-0.15, -0.1) is 0 Å². The van der Waals surface area contributed by atoms with Crippen molar-refractivity contribution in [1.29, 1.82) is 0 Å². The predicted octanol–water partition coefficient (Wildman–Crippen LogP) is 2.08. The molecule has 0 amide bonds. The topological polar surface area (TPSA) is 94.2 Å². The molecule has 0 spiro atoms. The number of hydrogen-bond acceptors (Lipinski definition) is 5. The fourth-order valence-corrected chi connectivity index (χ4v) is 2.88. The zero-order valence-electron chi connectivity index (χ0n) is 13.5. The minimum Gasteiger partial charge on any atom is -0.397 e. The molecule has 3 rings (SSSR count). The molecule has 0 bridgehead atoms. The molecule has 0 atom stereocenters. The van der Waals surface area contributed by atoms with E-state index in [4.69, 9.17) is 11.6 Å². The Labute approximate surface area is 143 Å². The molecule has 1 aliphatic heterocycles. The average Bonchev–Trinajstić information content (AvgIpc) is 3.16. The van der Waals surface area contributed by atoms with E-state index in [1.54, 1.807) is 12.2 Å². The molecule has 25 heavy (non-hydrogen) atoms. The van der Waals surface area contributed by atoms with Gasteiger partial charge in [-0.1, -0.05) is 0 Å². The lowest BCUT2D eigenvalue weighted by molar-refractivity contribution is 0.585. The lowest BCUT2D eigenvalue weighted by Gasteiger charge is -2.09. The standard InChI is InChI=1S/C17H18F2N6/c1-22-14(24-21)7-6-13(20)17-16(23-15-3-2-8-25(15)17)11-5-4-10(18)9-12(11)19/h4-7,9,24H,1-3,8,20-21H2/b13-6-,14-7+. The third-order valence-electron chi connectivity index (χ3n) is 4.03. The molecule has 6 nitrogen and oxygen atoms in total. The quantitative estimate of drug-likeness (QED) is 0.335. The molecule has 0 saturated carbocycles. The summed E-state index contributed by atoms with van der Waals surface area (Å²) in [7, 11) is 0. The maximum absolute atomic E-state index is 14.3. The first kappa shape index (κ1) is 16.8. The number of nitrogens with two attached hydrogens (primary N) is 2. The highest BCUT2D eigenvalue weighted by Gasteiger charge is 2.25. The van der Waals surface area contributed by atoms with Crippen molar-refractivity contribution in [3.63, 3.8) is 0 Å². The highest BCUT2D eigenvalue weighted by molar-refractivity contribution is 5.77. The summed E-state index contributed by atoms with van der Waals surface area (Å²) in [5.74, 6) is 5.14. The third-order valence-corrected chi connectivity index (χ3v) is 4.03. The number of aromatic nitrogens is 2. The summed E-state index contributed by atoms with van der Waals surface area (Å²) in [5, 5.41) is 0. The lowest BCUT2D eigenvalue weighted by atomic mass is 10.1. The molecule has 5 N–H and O–H groups in total. The first-order valence-electron chi connectivity index (χ1n) is 7.71. The zero-order chi connectivity index (χ0) is 18.0. The van der Waals surface area contributed by atoms with Gasteiger partial charge >= 0.3 is 0 Å². The number of allylic oxidation sites excluding steroid dienone is 2. The third kappa shape index (κ3) is 3.16. The number of halogens is 2. The SMILES string of the molecule is C=N/C(=C\C=C(/N)c1c(-c2ccc(F)cc2F)nc2n1CCC2)NN. The molecule has 1 aromatic carbocycles. The highest BCUT2D eigenvalue weighted by Crippen LogP contribution is 2.32. The van der Waals surface area contributed by atoms with Crippen LogP contribution in [0.5, 0.6) is 0 Å². The van der Waals surface area contributed by atoms with Gasteiger partial charge in [0.15, 0.2) is 0 Å². The maximum atomic E-state index is 14.3. The summed E-state index contributed by atoms with van der Waals surface area (Å²) in [6.45, 7) is 4.12. The Morgan fingerprint density at radius 3 is 2.84 bits per heavy atom. The van der Waals surface area contributed by atoms with Crippen molar-refractivity contribution >= 4 is 12.4 Å². The monoisotopic (exact) mass is 344 g/mol. The molecule has 0 unspecified atom stereocenters. The molecule has 0 radical (unpaired) electrons. The Balaban J connectivity index is 2.14. The van der Waals surface area contributed by atoms with Crippen LogP contribution in [0.1, 0.15) is 17.9 Å². The van der Waals surface area contributed by atoms with Gasteiger partial charge in [0.2, 0.25) is 0 Å². The van der Waals surface area contributed by atoms with Crippen molar-refractivity contribution in [1.82, 2.24) is 15.0 Å². The van der Waals surface area contributed by atoms with Gasteiger partial charge in [-0.25, -0.2) is 24.6 Å². The smallest absolute Gasteiger partial charge is 0.139 e. The first-order chi connectivity index (χ1) is 12.0. The fourth-order valence-electron chi connectivity index (χ4n) is 2.88. The van der Waals surface area contributed by atoms with Gasteiger partial charge < -0.3 is 15.7 Å². The summed E-state index contributed by atoms with van der Waals surface area (Å²) in [6.07, 6.45) is 4.87. The van der Waals surface area contributed by atoms with Gasteiger partial charge in [-0.05, 0) is 37.4 Å². The lowest BCUT2D eigenvalue weighted by Crippen LogP contribution is -2.19. The van der Waals surface area contributed by atoms with E-state index >= 15 is 0 Å². The molecule has 0 saturated heterocycles. The van der Waals surface area contributed by atoms with Gasteiger partial charge in [0, 0.05) is 24.6 Å². The van der Waals surface area contributed by atoms with E-state index in [-0.39, 0.29) is 5.56 Å². The van der Waals surface area contributed by atoms with Crippen molar-refractivity contribution in [2.75, 3.05) is 0 Å². The Morgan fingerprint density at radius 2 is 2.16 bits per heavy atom. The minimum atomic E-state index is -0.682. The number of rotatable bonds is 5. The molecular weight excluding hydrogens is 326 g/mol. The van der Waals surface area contributed by atoms with Crippen LogP contribution in [0.3, 0.4) is 0 Å². The van der Waals surface area contributed by atoms with Crippen LogP contribution in [-0.4, -0.2) is 16.3 Å². The van der Waals surface area contributed by atoms with E-state index in [9.17, 15) is 8.78 Å². The van der Waals surface area contributed by atoms with Crippen molar-refractivity contribution < 1.29 is 8.78 Å². The first-order valence-corrected chi connectivity index (χ1v) is 7.71. The van der Waals surface area contributed by atoms with Crippen LogP contribution in [0.2, 0.25) is 0 Å². The molecule has 130 valence electrons. The van der Waals surface area contributed by atoms with Crippen LogP contribution in [0.4, 0.5) is 8.78 Å². The van der Waals surface area contributed by atoms with Gasteiger partial charge in [-0.2, -0.15) is 0 Å². The predicted molar refractivity (Wildman–Crippen MR) is 93.0 cm³/mol. The summed E-state index contributed by atoms with van der Waals surface area (Å²) < 4.78 is 29.4. The minimum absolute atomic E-state index is 0.206. The number of aliphatic imine (C=N–C) groups is 1.